The SMILES string of the molecule is CC(C)(C)N=P(O)(OP(=O)(O)O)SC(C)(C)C. The van der Waals surface area contributed by atoms with Crippen LogP contribution in [0.25, 0.3) is 0 Å². The minimum absolute atomic E-state index is 0.424. The van der Waals surface area contributed by atoms with Crippen LogP contribution in [0.15, 0.2) is 4.74 Å². The minimum atomic E-state index is -4.77. The van der Waals surface area contributed by atoms with Gasteiger partial charge >= 0.3 is 7.82 Å². The summed E-state index contributed by atoms with van der Waals surface area (Å²) in [6, 6.07) is 0. The van der Waals surface area contributed by atoms with Gasteiger partial charge in [0.2, 0.25) is 0 Å². The molecular formula is C8H21NO5P2S. The van der Waals surface area contributed by atoms with Gasteiger partial charge in [0.15, 0.2) is 0 Å². The molecule has 0 saturated heterocycles. The molecule has 0 rings (SSSR count). The Morgan fingerprint density at radius 1 is 1.06 bits per heavy atom. The average molecular weight is 305 g/mol. The molecule has 17 heavy (non-hydrogen) atoms. The number of hydrogen-bond acceptors (Lipinski definition) is 4. The van der Waals surface area contributed by atoms with Crippen molar-refractivity contribution in [3.8, 4) is 0 Å². The Labute approximate surface area is 106 Å². The number of rotatable bonds is 3. The van der Waals surface area contributed by atoms with Crippen molar-refractivity contribution >= 4 is 25.9 Å². The van der Waals surface area contributed by atoms with Crippen molar-refractivity contribution in [1.82, 2.24) is 0 Å². The van der Waals surface area contributed by atoms with Gasteiger partial charge in [-0.3, -0.25) is 0 Å². The molecule has 0 aliphatic carbocycles. The van der Waals surface area contributed by atoms with E-state index in [1.54, 1.807) is 20.8 Å². The molecule has 0 saturated carbocycles. The highest BCUT2D eigenvalue weighted by Crippen LogP contribution is 2.71. The molecule has 0 aromatic heterocycles. The highest BCUT2D eigenvalue weighted by Gasteiger charge is 2.35. The zero-order chi connectivity index (χ0) is 14.1. The fourth-order valence-corrected chi connectivity index (χ4v) is 7.91. The lowest BCUT2D eigenvalue weighted by Crippen LogP contribution is -2.12. The van der Waals surface area contributed by atoms with E-state index in [-0.39, 0.29) is 0 Å². The van der Waals surface area contributed by atoms with E-state index in [9.17, 15) is 9.46 Å². The van der Waals surface area contributed by atoms with Gasteiger partial charge in [-0.15, -0.1) is 0 Å². The maximum atomic E-state index is 10.9. The minimum Gasteiger partial charge on any atom is -0.331 e. The first-order valence-corrected chi connectivity index (χ1v) is 9.52. The number of nitrogens with zero attached hydrogens (tertiary/aromatic N) is 1. The molecule has 1 unspecified atom stereocenters. The molecular weight excluding hydrogens is 284 g/mol. The van der Waals surface area contributed by atoms with E-state index in [4.69, 9.17) is 9.79 Å². The van der Waals surface area contributed by atoms with Crippen LogP contribution in [0.2, 0.25) is 0 Å². The Morgan fingerprint density at radius 3 is 1.71 bits per heavy atom. The van der Waals surface area contributed by atoms with Crippen LogP contribution in [-0.4, -0.2) is 25.0 Å². The second-order valence-corrected chi connectivity index (χ2v) is 11.7. The predicted molar refractivity (Wildman–Crippen MR) is 71.8 cm³/mol. The van der Waals surface area contributed by atoms with Gasteiger partial charge in [0.25, 0.3) is 6.71 Å². The summed E-state index contributed by atoms with van der Waals surface area (Å²) in [5, 5.41) is 0. The van der Waals surface area contributed by atoms with E-state index in [1.165, 1.54) is 0 Å². The Bertz CT molecular complexity index is 365. The van der Waals surface area contributed by atoms with Gasteiger partial charge < -0.3 is 14.7 Å². The molecule has 0 amide bonds. The van der Waals surface area contributed by atoms with Crippen molar-refractivity contribution in [2.45, 2.75) is 51.8 Å². The lowest BCUT2D eigenvalue weighted by molar-refractivity contribution is 0.282. The quantitative estimate of drug-likeness (QED) is 0.691. The summed E-state index contributed by atoms with van der Waals surface area (Å²) in [5.74, 6) is 0. The first-order valence-electron chi connectivity index (χ1n) is 4.96. The summed E-state index contributed by atoms with van der Waals surface area (Å²) in [5.41, 5.74) is -0.643. The third-order valence-electron chi connectivity index (χ3n) is 1.03. The Morgan fingerprint density at radius 2 is 1.47 bits per heavy atom. The van der Waals surface area contributed by atoms with Crippen molar-refractivity contribution in [1.29, 1.82) is 0 Å². The second-order valence-electron chi connectivity index (χ2n) is 5.54. The zero-order valence-electron chi connectivity index (χ0n) is 10.9. The van der Waals surface area contributed by atoms with Gasteiger partial charge in [-0.25, -0.2) is 13.6 Å². The van der Waals surface area contributed by atoms with E-state index in [0.717, 1.165) is 11.4 Å². The fraction of sp³-hybridized carbons (Fsp3) is 1.00. The zero-order valence-corrected chi connectivity index (χ0v) is 13.5. The smallest absolute Gasteiger partial charge is 0.331 e. The lowest BCUT2D eigenvalue weighted by Gasteiger charge is -2.28. The molecule has 0 aliphatic heterocycles. The maximum Gasteiger partial charge on any atom is 0.476 e. The molecule has 3 N–H and O–H groups in total. The topological polar surface area (TPSA) is 99.4 Å². The van der Waals surface area contributed by atoms with Crippen LogP contribution in [0, 0.1) is 0 Å². The molecule has 104 valence electrons. The van der Waals surface area contributed by atoms with Crippen LogP contribution in [0.5, 0.6) is 0 Å². The molecule has 0 radical (unpaired) electrons. The highest BCUT2D eigenvalue weighted by molar-refractivity contribution is 8.56. The van der Waals surface area contributed by atoms with E-state index >= 15 is 0 Å². The monoisotopic (exact) mass is 305 g/mol. The molecule has 0 aliphatic rings. The van der Waals surface area contributed by atoms with Gasteiger partial charge in [-0.2, -0.15) is 0 Å². The van der Waals surface area contributed by atoms with Gasteiger partial charge in [0.05, 0.1) is 5.54 Å². The summed E-state index contributed by atoms with van der Waals surface area (Å²) in [4.78, 5) is 27.9. The van der Waals surface area contributed by atoms with Crippen LogP contribution in [0.1, 0.15) is 41.5 Å². The average Bonchev–Trinajstić information content (AvgIpc) is 1.65. The Kier molecular flexibility index (Phi) is 5.54. The molecule has 1 atom stereocenters. The molecule has 0 heterocycles. The molecule has 0 fully saturated rings. The summed E-state index contributed by atoms with van der Waals surface area (Å²) in [7, 11) is -4.77. The van der Waals surface area contributed by atoms with Crippen molar-refractivity contribution in [2.75, 3.05) is 0 Å². The van der Waals surface area contributed by atoms with Gasteiger partial charge in [-0.05, 0) is 20.8 Å². The molecule has 0 spiro atoms. The van der Waals surface area contributed by atoms with Crippen LogP contribution in [0.3, 0.4) is 0 Å². The fourth-order valence-electron chi connectivity index (χ4n) is 0.930. The van der Waals surface area contributed by atoms with Gasteiger partial charge in [0, 0.05) is 4.75 Å². The summed E-state index contributed by atoms with van der Waals surface area (Å²) >= 11 is 0.943. The standard InChI is InChI=1S/C8H21NO5P2S/c1-7(2,3)9-15(10,14-16(11,12)13)17-8(4,5)6/h10H,1-6H3,(H2,11,12,13). The normalized spacial score (nSPS) is 17.7. The van der Waals surface area contributed by atoms with E-state index in [0.29, 0.717) is 0 Å². The van der Waals surface area contributed by atoms with Crippen molar-refractivity contribution in [3.63, 3.8) is 0 Å². The van der Waals surface area contributed by atoms with E-state index < -0.39 is 24.8 Å². The number of phosphoric acid groups is 1. The van der Waals surface area contributed by atoms with Crippen molar-refractivity contribution in [2.24, 2.45) is 4.74 Å². The molecule has 6 nitrogen and oxygen atoms in total. The third-order valence-corrected chi connectivity index (χ3v) is 7.57. The van der Waals surface area contributed by atoms with Crippen LogP contribution in [0.4, 0.5) is 0 Å². The first kappa shape index (κ1) is 17.6. The van der Waals surface area contributed by atoms with Gasteiger partial charge in [0.1, 0.15) is 0 Å². The lowest BCUT2D eigenvalue weighted by atomic mass is 10.1. The maximum absolute atomic E-state index is 10.9. The number of hydrogen-bond donors (Lipinski definition) is 3. The summed E-state index contributed by atoms with van der Waals surface area (Å²) in [6.07, 6.45) is 0. The summed E-state index contributed by atoms with van der Waals surface area (Å²) < 4.78 is 19.0. The Balaban J connectivity index is 5.39. The largest absolute Gasteiger partial charge is 0.476 e. The van der Waals surface area contributed by atoms with Gasteiger partial charge in [-0.1, -0.05) is 32.2 Å². The highest BCUT2D eigenvalue weighted by atomic mass is 32.7. The third kappa shape index (κ3) is 10.3. The van der Waals surface area contributed by atoms with Crippen LogP contribution >= 0.6 is 25.9 Å². The molecule has 0 bridgehead atoms. The summed E-state index contributed by atoms with van der Waals surface area (Å²) in [6.45, 7) is 7.05. The molecule has 9 heteroatoms. The molecule has 0 aromatic carbocycles. The molecule has 0 aromatic rings. The van der Waals surface area contributed by atoms with E-state index in [1.807, 2.05) is 20.8 Å². The van der Waals surface area contributed by atoms with Crippen molar-refractivity contribution in [3.05, 3.63) is 0 Å². The van der Waals surface area contributed by atoms with Crippen LogP contribution in [-0.2, 0) is 8.88 Å². The predicted octanol–water partition coefficient (Wildman–Crippen LogP) is 3.36. The van der Waals surface area contributed by atoms with E-state index in [2.05, 4.69) is 9.06 Å². The van der Waals surface area contributed by atoms with Crippen molar-refractivity contribution < 1.29 is 23.6 Å². The first-order chi connectivity index (χ1) is 7.12. The van der Waals surface area contributed by atoms with Crippen LogP contribution < -0.4 is 0 Å². The second kappa shape index (κ2) is 5.33. The Hall–Kier alpha value is 0.650.